The third kappa shape index (κ3) is 3.10. The molecule has 1 aromatic rings. The van der Waals surface area contributed by atoms with Crippen molar-refractivity contribution >= 4 is 34.5 Å². The summed E-state index contributed by atoms with van der Waals surface area (Å²) in [6.45, 7) is 5.79. The van der Waals surface area contributed by atoms with E-state index >= 15 is 0 Å². The Bertz CT molecular complexity index is 636. The molecule has 0 bridgehead atoms. The molecule has 3 rings (SSSR count). The minimum absolute atomic E-state index is 0.297. The lowest BCUT2D eigenvalue weighted by molar-refractivity contribution is -0.130. The van der Waals surface area contributed by atoms with Crippen LogP contribution in [0.25, 0.3) is 0 Å². The molecular weight excluding hydrogens is 312 g/mol. The predicted octanol–water partition coefficient (Wildman–Crippen LogP) is 2.79. The summed E-state index contributed by atoms with van der Waals surface area (Å²) < 4.78 is 0. The van der Waals surface area contributed by atoms with Crippen LogP contribution in [0.5, 0.6) is 0 Å². The van der Waals surface area contributed by atoms with E-state index < -0.39 is 11.6 Å². The highest BCUT2D eigenvalue weighted by Crippen LogP contribution is 2.28. The molecule has 1 atom stereocenters. The first kappa shape index (κ1) is 16.0. The van der Waals surface area contributed by atoms with Gasteiger partial charge in [-0.3, -0.25) is 4.79 Å². The number of hydrogen-bond acceptors (Lipinski definition) is 5. The summed E-state index contributed by atoms with van der Waals surface area (Å²) in [6, 6.07) is 3.61. The van der Waals surface area contributed by atoms with Gasteiger partial charge in [0.25, 0.3) is 5.91 Å². The number of imide groups is 1. The van der Waals surface area contributed by atoms with Gasteiger partial charge in [0.1, 0.15) is 5.54 Å². The molecule has 3 amide bonds. The highest BCUT2D eigenvalue weighted by molar-refractivity contribution is 7.17. The van der Waals surface area contributed by atoms with Crippen LogP contribution in [0.3, 0.4) is 0 Å². The fourth-order valence-electron chi connectivity index (χ4n) is 2.82. The first-order chi connectivity index (χ1) is 11.0. The number of rotatable bonds is 4. The van der Waals surface area contributed by atoms with Gasteiger partial charge in [0.05, 0.1) is 11.2 Å². The summed E-state index contributed by atoms with van der Waals surface area (Å²) in [6.07, 6.45) is 5.91. The number of amides is 3. The van der Waals surface area contributed by atoms with Crippen LogP contribution < -0.4 is 10.2 Å². The highest BCUT2D eigenvalue weighted by atomic mass is 32.1. The molecule has 0 radical (unpaired) electrons. The molecule has 2 saturated heterocycles. The molecule has 2 aliphatic heterocycles. The lowest BCUT2D eigenvalue weighted by Crippen LogP contribution is -2.42. The maximum atomic E-state index is 12.3. The third-order valence-corrected chi connectivity index (χ3v) is 5.61. The van der Waals surface area contributed by atoms with Gasteiger partial charge in [-0.1, -0.05) is 6.92 Å². The number of anilines is 1. The van der Waals surface area contributed by atoms with Crippen LogP contribution in [-0.2, 0) is 4.79 Å². The lowest BCUT2D eigenvalue weighted by atomic mass is 10.00. The summed E-state index contributed by atoms with van der Waals surface area (Å²) in [4.78, 5) is 27.5. The summed E-state index contributed by atoms with van der Waals surface area (Å²) >= 11 is 1.64. The summed E-state index contributed by atoms with van der Waals surface area (Å²) in [5.41, 5.74) is -0.844. The summed E-state index contributed by atoms with van der Waals surface area (Å²) in [7, 11) is 0. The van der Waals surface area contributed by atoms with Gasteiger partial charge in [-0.2, -0.15) is 5.10 Å². The van der Waals surface area contributed by atoms with E-state index in [1.54, 1.807) is 24.5 Å². The Hall–Kier alpha value is -1.89. The molecule has 0 saturated carbocycles. The third-order valence-electron chi connectivity index (χ3n) is 4.53. The molecule has 7 heteroatoms. The zero-order valence-corrected chi connectivity index (χ0v) is 14.4. The number of nitrogens with zero attached hydrogens (tertiary/aromatic N) is 3. The molecule has 0 aromatic carbocycles. The Kier molecular flexibility index (Phi) is 4.39. The molecule has 3 heterocycles. The van der Waals surface area contributed by atoms with Gasteiger partial charge in [0, 0.05) is 18.0 Å². The SMILES string of the molecule is CC[C@]1(C)NC(=O)N(/N=C\c2ccc(N3CCCCC3)s2)C1=O. The number of piperidine rings is 1. The van der Waals surface area contributed by atoms with Crippen LogP contribution in [-0.4, -0.2) is 41.8 Å². The molecule has 1 aromatic heterocycles. The Morgan fingerprint density at radius 3 is 2.70 bits per heavy atom. The Balaban J connectivity index is 1.70. The van der Waals surface area contributed by atoms with Crippen molar-refractivity contribution in [2.24, 2.45) is 5.10 Å². The largest absolute Gasteiger partial charge is 0.363 e. The number of nitrogens with one attached hydrogen (secondary N) is 1. The van der Waals surface area contributed by atoms with Crippen molar-refractivity contribution in [2.75, 3.05) is 18.0 Å². The van der Waals surface area contributed by atoms with Crippen LogP contribution in [0.15, 0.2) is 17.2 Å². The van der Waals surface area contributed by atoms with Gasteiger partial charge in [-0.05, 0) is 44.7 Å². The lowest BCUT2D eigenvalue weighted by Gasteiger charge is -2.27. The number of carbonyl (C=O) groups is 2. The van der Waals surface area contributed by atoms with Crippen LogP contribution in [0.4, 0.5) is 9.80 Å². The maximum Gasteiger partial charge on any atom is 0.346 e. The van der Waals surface area contributed by atoms with Crippen molar-refractivity contribution in [1.82, 2.24) is 10.3 Å². The van der Waals surface area contributed by atoms with Gasteiger partial charge in [-0.15, -0.1) is 16.3 Å². The molecule has 0 unspecified atom stereocenters. The van der Waals surface area contributed by atoms with Gasteiger partial charge >= 0.3 is 6.03 Å². The summed E-state index contributed by atoms with van der Waals surface area (Å²) in [5, 5.41) is 8.95. The minimum atomic E-state index is -0.844. The Morgan fingerprint density at radius 2 is 2.04 bits per heavy atom. The van der Waals surface area contributed by atoms with E-state index in [-0.39, 0.29) is 5.91 Å². The second-order valence-corrected chi connectivity index (χ2v) is 7.29. The van der Waals surface area contributed by atoms with E-state index in [0.29, 0.717) is 6.42 Å². The zero-order valence-electron chi connectivity index (χ0n) is 13.5. The average molecular weight is 334 g/mol. The predicted molar refractivity (Wildman–Crippen MR) is 92.1 cm³/mol. The average Bonchev–Trinajstić information content (AvgIpc) is 3.11. The van der Waals surface area contributed by atoms with Crippen molar-refractivity contribution in [2.45, 2.75) is 45.1 Å². The topological polar surface area (TPSA) is 65.0 Å². The molecule has 23 heavy (non-hydrogen) atoms. The standard InChI is InChI=1S/C16H22N4O2S/c1-3-16(2)14(21)20(15(22)18-16)17-11-12-7-8-13(23-12)19-9-5-4-6-10-19/h7-8,11H,3-6,9-10H2,1-2H3,(H,18,22)/b17-11-/t16-/m0/s1. The molecular formula is C16H22N4O2S. The monoisotopic (exact) mass is 334 g/mol. The second kappa shape index (κ2) is 6.31. The Morgan fingerprint density at radius 1 is 1.30 bits per heavy atom. The van der Waals surface area contributed by atoms with E-state index in [1.165, 1.54) is 24.3 Å². The molecule has 0 spiro atoms. The van der Waals surface area contributed by atoms with Crippen LogP contribution in [0.1, 0.15) is 44.4 Å². The van der Waals surface area contributed by atoms with Crippen LogP contribution in [0, 0.1) is 0 Å². The van der Waals surface area contributed by atoms with Gasteiger partial charge in [0.2, 0.25) is 0 Å². The van der Waals surface area contributed by atoms with E-state index in [9.17, 15) is 9.59 Å². The van der Waals surface area contributed by atoms with Crippen molar-refractivity contribution in [1.29, 1.82) is 0 Å². The number of carbonyl (C=O) groups excluding carboxylic acids is 2. The van der Waals surface area contributed by atoms with E-state index in [4.69, 9.17) is 0 Å². The smallest absolute Gasteiger partial charge is 0.346 e. The van der Waals surface area contributed by atoms with E-state index in [1.807, 2.05) is 13.0 Å². The first-order valence-electron chi connectivity index (χ1n) is 8.09. The molecule has 6 nitrogen and oxygen atoms in total. The second-order valence-electron chi connectivity index (χ2n) is 6.20. The van der Waals surface area contributed by atoms with Crippen molar-refractivity contribution in [3.8, 4) is 0 Å². The normalized spacial score (nSPS) is 25.5. The number of hydrazone groups is 1. The van der Waals surface area contributed by atoms with Gasteiger partial charge < -0.3 is 10.2 Å². The molecule has 2 fully saturated rings. The van der Waals surface area contributed by atoms with Crippen LogP contribution in [0.2, 0.25) is 0 Å². The van der Waals surface area contributed by atoms with Crippen molar-refractivity contribution < 1.29 is 9.59 Å². The van der Waals surface area contributed by atoms with Crippen molar-refractivity contribution in [3.05, 3.63) is 17.0 Å². The minimum Gasteiger partial charge on any atom is -0.363 e. The zero-order chi connectivity index (χ0) is 16.4. The van der Waals surface area contributed by atoms with E-state index in [2.05, 4.69) is 21.4 Å². The quantitative estimate of drug-likeness (QED) is 0.680. The number of thiophene rings is 1. The fraction of sp³-hybridized carbons (Fsp3) is 0.562. The van der Waals surface area contributed by atoms with E-state index in [0.717, 1.165) is 23.0 Å². The molecule has 0 aliphatic carbocycles. The van der Waals surface area contributed by atoms with Gasteiger partial charge in [0.15, 0.2) is 0 Å². The van der Waals surface area contributed by atoms with Gasteiger partial charge in [-0.25, -0.2) is 4.79 Å². The summed E-state index contributed by atoms with van der Waals surface area (Å²) in [5.74, 6) is -0.297. The molecule has 2 aliphatic rings. The Labute approximate surface area is 140 Å². The maximum absolute atomic E-state index is 12.3. The van der Waals surface area contributed by atoms with Crippen molar-refractivity contribution in [3.63, 3.8) is 0 Å². The van der Waals surface area contributed by atoms with Crippen LogP contribution >= 0.6 is 11.3 Å². The fourth-order valence-corrected chi connectivity index (χ4v) is 3.75. The highest BCUT2D eigenvalue weighted by Gasteiger charge is 2.46. The molecule has 124 valence electrons. The first-order valence-corrected chi connectivity index (χ1v) is 8.90. The molecule has 1 N–H and O–H groups in total. The number of hydrogen-bond donors (Lipinski definition) is 1. The number of urea groups is 1.